The summed E-state index contributed by atoms with van der Waals surface area (Å²) in [6, 6.07) is 12.1. The van der Waals surface area contributed by atoms with Gasteiger partial charge in [-0.05, 0) is 49.2 Å². The smallest absolute Gasteiger partial charge is 0.332 e. The van der Waals surface area contributed by atoms with Crippen molar-refractivity contribution in [1.82, 2.24) is 20.1 Å². The molecular weight excluding hydrogens is 486 g/mol. The zero-order valence-corrected chi connectivity index (χ0v) is 21.6. The molecule has 0 bridgehead atoms. The van der Waals surface area contributed by atoms with E-state index in [2.05, 4.69) is 15.2 Å². The van der Waals surface area contributed by atoms with Gasteiger partial charge in [-0.2, -0.15) is 0 Å². The third-order valence-corrected chi connectivity index (χ3v) is 7.97. The third kappa shape index (κ3) is 3.74. The van der Waals surface area contributed by atoms with Gasteiger partial charge in [0.15, 0.2) is 5.54 Å². The van der Waals surface area contributed by atoms with Crippen LogP contribution in [-0.2, 0) is 21.5 Å². The van der Waals surface area contributed by atoms with E-state index in [4.69, 9.17) is 9.47 Å². The minimum atomic E-state index is -1.21. The van der Waals surface area contributed by atoms with Gasteiger partial charge in [0.25, 0.3) is 11.8 Å². The number of para-hydroxylation sites is 1. The van der Waals surface area contributed by atoms with E-state index in [1.54, 1.807) is 43.2 Å². The largest absolute Gasteiger partial charge is 0.497 e. The summed E-state index contributed by atoms with van der Waals surface area (Å²) in [4.78, 5) is 49.4. The number of rotatable bonds is 6. The molecule has 2 saturated heterocycles. The first-order chi connectivity index (χ1) is 18.4. The Morgan fingerprint density at radius 2 is 1.92 bits per heavy atom. The Labute approximate surface area is 220 Å². The maximum Gasteiger partial charge on any atom is 0.332 e. The van der Waals surface area contributed by atoms with Crippen molar-refractivity contribution in [2.75, 3.05) is 57.9 Å². The van der Waals surface area contributed by atoms with Gasteiger partial charge in [0.2, 0.25) is 0 Å². The molecule has 0 saturated carbocycles. The molecular formula is C28H31N5O5. The molecule has 1 unspecified atom stereocenters. The van der Waals surface area contributed by atoms with Crippen LogP contribution in [0.2, 0.25) is 0 Å². The number of ether oxygens (including phenoxy) is 2. The number of imide groups is 1. The molecule has 4 amide bonds. The summed E-state index contributed by atoms with van der Waals surface area (Å²) < 4.78 is 10.8. The number of fused-ring (bicyclic) bond motifs is 5. The average molecular weight is 518 g/mol. The van der Waals surface area contributed by atoms with Gasteiger partial charge in [-0.25, -0.2) is 9.69 Å². The number of amides is 4. The number of urea groups is 1. The van der Waals surface area contributed by atoms with Gasteiger partial charge in [-0.3, -0.25) is 14.5 Å². The highest BCUT2D eigenvalue weighted by atomic mass is 16.5. The number of anilines is 1. The summed E-state index contributed by atoms with van der Waals surface area (Å²) in [5, 5.41) is 3.94. The molecule has 2 fully saturated rings. The standard InChI is InChI=1S/C28H31N5O5/c1-28-24-19(21-17-18(37-2)7-8-22(21)30-24)9-11-32(28)27(36)33(26(28)35)23-6-4-3-5-20(23)25(34)29-10-12-31-13-15-38-16-14-31/h3-8,17,30H,9-16H2,1-2H3,(H,29,34). The summed E-state index contributed by atoms with van der Waals surface area (Å²) in [7, 11) is 1.62. The molecule has 3 aliphatic rings. The molecule has 10 heteroatoms. The van der Waals surface area contributed by atoms with Crippen molar-refractivity contribution in [2.24, 2.45) is 0 Å². The van der Waals surface area contributed by atoms with Gasteiger partial charge in [-0.1, -0.05) is 12.1 Å². The molecule has 0 spiro atoms. The fourth-order valence-corrected chi connectivity index (χ4v) is 5.87. The first-order valence-electron chi connectivity index (χ1n) is 13.0. The third-order valence-electron chi connectivity index (χ3n) is 7.97. The van der Waals surface area contributed by atoms with Crippen LogP contribution in [0, 0.1) is 0 Å². The number of carbonyl (C=O) groups is 3. The molecule has 4 heterocycles. The lowest BCUT2D eigenvalue weighted by Crippen LogP contribution is -2.49. The van der Waals surface area contributed by atoms with E-state index in [9.17, 15) is 14.4 Å². The first kappa shape index (κ1) is 24.4. The summed E-state index contributed by atoms with van der Waals surface area (Å²) in [6.45, 7) is 6.39. The Bertz CT molecular complexity index is 1430. The van der Waals surface area contributed by atoms with E-state index < -0.39 is 11.6 Å². The molecule has 198 valence electrons. The summed E-state index contributed by atoms with van der Waals surface area (Å²) in [5.74, 6) is 0.0364. The number of hydrogen-bond donors (Lipinski definition) is 2. The zero-order chi connectivity index (χ0) is 26.4. The SMILES string of the molecule is COc1ccc2[nH]c3c(c2c1)CCN1C(=O)N(c2ccccc2C(=O)NCCN2CCOCC2)C(=O)C31C. The minimum absolute atomic E-state index is 0.293. The van der Waals surface area contributed by atoms with E-state index in [-0.39, 0.29) is 11.8 Å². The highest BCUT2D eigenvalue weighted by molar-refractivity contribution is 6.25. The molecule has 1 atom stereocenters. The van der Waals surface area contributed by atoms with Crippen molar-refractivity contribution in [2.45, 2.75) is 18.9 Å². The molecule has 0 aliphatic carbocycles. The van der Waals surface area contributed by atoms with Gasteiger partial charge in [0.05, 0.1) is 37.3 Å². The zero-order valence-electron chi connectivity index (χ0n) is 21.6. The topological polar surface area (TPSA) is 107 Å². The quantitative estimate of drug-likeness (QED) is 0.487. The number of carbonyl (C=O) groups excluding carboxylic acids is 3. The normalized spacial score (nSPS) is 21.5. The van der Waals surface area contributed by atoms with E-state index in [0.29, 0.717) is 56.2 Å². The highest BCUT2D eigenvalue weighted by Crippen LogP contribution is 2.46. The lowest BCUT2D eigenvalue weighted by molar-refractivity contribution is -0.125. The molecule has 2 N–H and O–H groups in total. The van der Waals surface area contributed by atoms with Crippen molar-refractivity contribution >= 4 is 34.4 Å². The Balaban J connectivity index is 1.30. The number of methoxy groups -OCH3 is 1. The van der Waals surface area contributed by atoms with E-state index in [0.717, 1.165) is 40.2 Å². The van der Waals surface area contributed by atoms with Crippen molar-refractivity contribution in [3.8, 4) is 5.75 Å². The van der Waals surface area contributed by atoms with Crippen LogP contribution in [0.25, 0.3) is 10.9 Å². The summed E-state index contributed by atoms with van der Waals surface area (Å²) in [5.41, 5.74) is 1.98. The number of H-pyrrole nitrogens is 1. The summed E-state index contributed by atoms with van der Waals surface area (Å²) in [6.07, 6.45) is 0.606. The number of aromatic nitrogens is 1. The number of hydrogen-bond acceptors (Lipinski definition) is 6. The second-order valence-electron chi connectivity index (χ2n) is 10.0. The molecule has 3 aromatic rings. The van der Waals surface area contributed by atoms with E-state index >= 15 is 0 Å². The molecule has 0 radical (unpaired) electrons. The van der Waals surface area contributed by atoms with Crippen LogP contribution in [0.5, 0.6) is 5.75 Å². The van der Waals surface area contributed by atoms with Crippen LogP contribution in [0.4, 0.5) is 10.5 Å². The number of benzene rings is 2. The Kier molecular flexibility index (Phi) is 6.08. The minimum Gasteiger partial charge on any atom is -0.497 e. The molecule has 6 rings (SSSR count). The van der Waals surface area contributed by atoms with Crippen molar-refractivity contribution in [1.29, 1.82) is 0 Å². The van der Waals surface area contributed by atoms with Gasteiger partial charge in [0.1, 0.15) is 5.75 Å². The van der Waals surface area contributed by atoms with Crippen molar-refractivity contribution < 1.29 is 23.9 Å². The monoisotopic (exact) mass is 517 g/mol. The van der Waals surface area contributed by atoms with Crippen LogP contribution < -0.4 is 15.0 Å². The second-order valence-corrected chi connectivity index (χ2v) is 10.0. The predicted octanol–water partition coefficient (Wildman–Crippen LogP) is 2.48. The Morgan fingerprint density at radius 1 is 1.13 bits per heavy atom. The first-order valence-corrected chi connectivity index (χ1v) is 13.0. The maximum absolute atomic E-state index is 14.1. The molecule has 38 heavy (non-hydrogen) atoms. The van der Waals surface area contributed by atoms with Crippen LogP contribution >= 0.6 is 0 Å². The predicted molar refractivity (Wildman–Crippen MR) is 142 cm³/mol. The fraction of sp³-hybridized carbons (Fsp3) is 0.393. The number of aromatic amines is 1. The fourth-order valence-electron chi connectivity index (χ4n) is 5.87. The van der Waals surface area contributed by atoms with Gasteiger partial charge >= 0.3 is 6.03 Å². The molecule has 3 aliphatic heterocycles. The summed E-state index contributed by atoms with van der Waals surface area (Å²) >= 11 is 0. The van der Waals surface area contributed by atoms with Crippen LogP contribution in [0.15, 0.2) is 42.5 Å². The average Bonchev–Trinajstić information content (AvgIpc) is 3.41. The Hall–Kier alpha value is -3.89. The van der Waals surface area contributed by atoms with Crippen LogP contribution in [0.1, 0.15) is 28.5 Å². The Morgan fingerprint density at radius 3 is 2.71 bits per heavy atom. The lowest BCUT2D eigenvalue weighted by Gasteiger charge is -2.35. The van der Waals surface area contributed by atoms with Crippen LogP contribution in [-0.4, -0.2) is 85.7 Å². The van der Waals surface area contributed by atoms with Gasteiger partial charge < -0.3 is 24.7 Å². The van der Waals surface area contributed by atoms with Crippen molar-refractivity contribution in [3.63, 3.8) is 0 Å². The van der Waals surface area contributed by atoms with Gasteiger partial charge in [0, 0.05) is 43.6 Å². The molecule has 10 nitrogen and oxygen atoms in total. The van der Waals surface area contributed by atoms with Crippen LogP contribution in [0.3, 0.4) is 0 Å². The lowest BCUT2D eigenvalue weighted by atomic mass is 9.87. The number of morpholine rings is 1. The van der Waals surface area contributed by atoms with Gasteiger partial charge in [-0.15, -0.1) is 0 Å². The van der Waals surface area contributed by atoms with Crippen molar-refractivity contribution in [3.05, 3.63) is 59.3 Å². The number of nitrogens with one attached hydrogen (secondary N) is 2. The highest BCUT2D eigenvalue weighted by Gasteiger charge is 2.59. The molecule has 1 aromatic heterocycles. The second kappa shape index (κ2) is 9.45. The number of nitrogens with zero attached hydrogens (tertiary/aromatic N) is 3. The maximum atomic E-state index is 14.1. The van der Waals surface area contributed by atoms with E-state index in [1.807, 2.05) is 18.2 Å². The molecule has 2 aromatic carbocycles. The van der Waals surface area contributed by atoms with E-state index in [1.165, 1.54) is 0 Å².